The molecule has 1 aromatic rings. The fraction of sp³-hybridized carbons (Fsp3) is 0.571. The van der Waals surface area contributed by atoms with Gasteiger partial charge in [-0.25, -0.2) is 0 Å². The van der Waals surface area contributed by atoms with Crippen molar-refractivity contribution >= 4 is 0 Å². The van der Waals surface area contributed by atoms with Crippen molar-refractivity contribution in [2.45, 2.75) is 25.7 Å². The number of rotatable bonds is 3. The topological polar surface area (TPSA) is 61.3 Å². The van der Waals surface area contributed by atoms with Gasteiger partial charge in [0.25, 0.3) is 0 Å². The third-order valence-corrected chi connectivity index (χ3v) is 1.48. The van der Waals surface area contributed by atoms with Crippen LogP contribution in [-0.4, -0.2) is 17.3 Å². The van der Waals surface area contributed by atoms with E-state index in [1.165, 1.54) is 0 Å². The van der Waals surface area contributed by atoms with E-state index in [1.54, 1.807) is 0 Å². The number of halogens is 3. The lowest BCUT2D eigenvalue weighted by Crippen LogP contribution is -2.31. The number of aromatic nitrogens is 1. The zero-order chi connectivity index (χ0) is 10.8. The van der Waals surface area contributed by atoms with Crippen LogP contribution < -0.4 is 10.5 Å². The van der Waals surface area contributed by atoms with E-state index < -0.39 is 18.4 Å². The maximum atomic E-state index is 12.0. The van der Waals surface area contributed by atoms with E-state index >= 15 is 0 Å². The molecule has 14 heavy (non-hydrogen) atoms. The largest absolute Gasteiger partial charge is 0.437 e. The smallest absolute Gasteiger partial charge is 0.425 e. The second-order valence-electron chi connectivity index (χ2n) is 2.61. The van der Waals surface area contributed by atoms with Crippen molar-refractivity contribution in [3.63, 3.8) is 0 Å². The van der Waals surface area contributed by atoms with Gasteiger partial charge in [0.15, 0.2) is 6.10 Å². The highest BCUT2D eigenvalue weighted by Crippen LogP contribution is 2.24. The number of ether oxygens (including phenoxy) is 1. The number of oxazole rings is 1. The summed E-state index contributed by atoms with van der Waals surface area (Å²) in [7, 11) is 0. The summed E-state index contributed by atoms with van der Waals surface area (Å²) in [5.41, 5.74) is 5.52. The Hall–Kier alpha value is -1.24. The molecule has 1 heterocycles. The second-order valence-corrected chi connectivity index (χ2v) is 2.61. The molecular weight excluding hydrogens is 201 g/mol. The van der Waals surface area contributed by atoms with Gasteiger partial charge in [0, 0.05) is 6.54 Å². The van der Waals surface area contributed by atoms with Crippen LogP contribution in [0.4, 0.5) is 13.2 Å². The summed E-state index contributed by atoms with van der Waals surface area (Å²) < 4.78 is 45.0. The van der Waals surface area contributed by atoms with E-state index in [0.717, 1.165) is 13.2 Å². The number of hydrogen-bond donors (Lipinski definition) is 1. The first-order valence-electron chi connectivity index (χ1n) is 3.81. The molecular formula is C7H9F3N2O2. The number of alkyl halides is 3. The molecule has 0 aliphatic heterocycles. The molecule has 0 radical (unpaired) electrons. The second kappa shape index (κ2) is 3.87. The molecule has 0 amide bonds. The molecule has 1 unspecified atom stereocenters. The average molecular weight is 210 g/mol. The molecule has 0 aliphatic rings. The van der Waals surface area contributed by atoms with Crippen molar-refractivity contribution in [3.05, 3.63) is 12.0 Å². The summed E-state index contributed by atoms with van der Waals surface area (Å²) in [5, 5.41) is 0. The van der Waals surface area contributed by atoms with Gasteiger partial charge in [0.2, 0.25) is 0 Å². The van der Waals surface area contributed by atoms with E-state index in [0.29, 0.717) is 5.69 Å². The molecule has 7 heteroatoms. The molecule has 0 fully saturated rings. The Bertz CT molecular complexity index is 297. The zero-order valence-electron chi connectivity index (χ0n) is 7.34. The van der Waals surface area contributed by atoms with Crippen LogP contribution in [0.1, 0.15) is 12.6 Å². The van der Waals surface area contributed by atoms with Crippen molar-refractivity contribution in [2.75, 3.05) is 0 Å². The van der Waals surface area contributed by atoms with Crippen LogP contribution in [-0.2, 0) is 6.54 Å². The standard InChI is InChI=1S/C7H9F3N2O2/c1-4(7(8,9)10)14-6-12-5(2-11)3-13-6/h3-4H,2,11H2,1H3. The van der Waals surface area contributed by atoms with Gasteiger partial charge in [-0.3, -0.25) is 0 Å². The Kier molecular flexibility index (Phi) is 3.00. The SMILES string of the molecule is CC(Oc1nc(CN)co1)C(F)(F)F. The van der Waals surface area contributed by atoms with Gasteiger partial charge in [-0.05, 0) is 6.92 Å². The van der Waals surface area contributed by atoms with Gasteiger partial charge < -0.3 is 14.9 Å². The number of nitrogens with two attached hydrogens (primary N) is 1. The van der Waals surface area contributed by atoms with Crippen LogP contribution in [0.3, 0.4) is 0 Å². The third kappa shape index (κ3) is 2.63. The first kappa shape index (κ1) is 10.8. The Labute approximate surface area is 77.9 Å². The van der Waals surface area contributed by atoms with Gasteiger partial charge in [0.1, 0.15) is 6.26 Å². The molecule has 0 aromatic carbocycles. The summed E-state index contributed by atoms with van der Waals surface area (Å²) in [4.78, 5) is 3.57. The van der Waals surface area contributed by atoms with Crippen LogP contribution in [0.5, 0.6) is 6.08 Å². The van der Waals surface area contributed by atoms with Crippen LogP contribution in [0.2, 0.25) is 0 Å². The Balaban J connectivity index is 2.60. The third-order valence-electron chi connectivity index (χ3n) is 1.48. The Morgan fingerprint density at radius 2 is 2.29 bits per heavy atom. The molecule has 1 rings (SSSR count). The predicted octanol–water partition coefficient (Wildman–Crippen LogP) is 1.46. The van der Waals surface area contributed by atoms with Crippen molar-refractivity contribution in [2.24, 2.45) is 5.73 Å². The van der Waals surface area contributed by atoms with Gasteiger partial charge in [0.05, 0.1) is 5.69 Å². The maximum absolute atomic E-state index is 12.0. The molecule has 4 nitrogen and oxygen atoms in total. The summed E-state index contributed by atoms with van der Waals surface area (Å²) in [6.45, 7) is 0.958. The molecule has 1 aromatic heterocycles. The summed E-state index contributed by atoms with van der Waals surface area (Å²) >= 11 is 0. The van der Waals surface area contributed by atoms with Crippen molar-refractivity contribution in [3.8, 4) is 6.08 Å². The highest BCUT2D eigenvalue weighted by molar-refractivity contribution is 4.99. The van der Waals surface area contributed by atoms with Gasteiger partial charge >= 0.3 is 12.3 Å². The van der Waals surface area contributed by atoms with Crippen LogP contribution in [0.15, 0.2) is 10.7 Å². The van der Waals surface area contributed by atoms with E-state index in [2.05, 4.69) is 14.1 Å². The molecule has 1 atom stereocenters. The number of nitrogens with zero attached hydrogens (tertiary/aromatic N) is 1. The lowest BCUT2D eigenvalue weighted by molar-refractivity contribution is -0.193. The Morgan fingerprint density at radius 3 is 2.71 bits per heavy atom. The number of hydrogen-bond acceptors (Lipinski definition) is 4. The molecule has 2 N–H and O–H groups in total. The molecule has 80 valence electrons. The summed E-state index contributed by atoms with van der Waals surface area (Å²) in [6, 6.07) is 0. The van der Waals surface area contributed by atoms with E-state index in [9.17, 15) is 13.2 Å². The highest BCUT2D eigenvalue weighted by atomic mass is 19.4. The van der Waals surface area contributed by atoms with E-state index in [1.807, 2.05) is 0 Å². The monoisotopic (exact) mass is 210 g/mol. The fourth-order valence-corrected chi connectivity index (χ4v) is 0.654. The quantitative estimate of drug-likeness (QED) is 0.820. The van der Waals surface area contributed by atoms with Gasteiger partial charge in [-0.2, -0.15) is 18.2 Å². The first-order valence-corrected chi connectivity index (χ1v) is 3.81. The molecule has 0 saturated heterocycles. The summed E-state index contributed by atoms with van der Waals surface area (Å²) in [5.74, 6) is 0. The van der Waals surface area contributed by atoms with Crippen molar-refractivity contribution in [1.82, 2.24) is 4.98 Å². The van der Waals surface area contributed by atoms with Crippen molar-refractivity contribution in [1.29, 1.82) is 0 Å². The van der Waals surface area contributed by atoms with Crippen LogP contribution in [0, 0.1) is 0 Å². The summed E-state index contributed by atoms with van der Waals surface area (Å²) in [6.07, 6.45) is -5.66. The van der Waals surface area contributed by atoms with E-state index in [4.69, 9.17) is 5.73 Å². The minimum Gasteiger partial charge on any atom is -0.437 e. The lowest BCUT2D eigenvalue weighted by Gasteiger charge is -2.14. The van der Waals surface area contributed by atoms with E-state index in [-0.39, 0.29) is 6.54 Å². The average Bonchev–Trinajstić information content (AvgIpc) is 2.50. The van der Waals surface area contributed by atoms with Crippen LogP contribution >= 0.6 is 0 Å². The molecule has 0 saturated carbocycles. The fourth-order valence-electron chi connectivity index (χ4n) is 0.654. The zero-order valence-corrected chi connectivity index (χ0v) is 7.34. The highest BCUT2D eigenvalue weighted by Gasteiger charge is 2.38. The van der Waals surface area contributed by atoms with Gasteiger partial charge in [-0.15, -0.1) is 0 Å². The van der Waals surface area contributed by atoms with Crippen molar-refractivity contribution < 1.29 is 22.3 Å². The molecule has 0 spiro atoms. The maximum Gasteiger partial charge on any atom is 0.425 e. The minimum absolute atomic E-state index is 0.0905. The Morgan fingerprint density at radius 1 is 1.64 bits per heavy atom. The van der Waals surface area contributed by atoms with Crippen LogP contribution in [0.25, 0.3) is 0 Å². The predicted molar refractivity (Wildman–Crippen MR) is 40.5 cm³/mol. The molecule has 0 aliphatic carbocycles. The normalized spacial score (nSPS) is 14.1. The molecule has 0 bridgehead atoms. The minimum atomic E-state index is -4.43. The van der Waals surface area contributed by atoms with Gasteiger partial charge in [-0.1, -0.05) is 0 Å². The lowest BCUT2D eigenvalue weighted by atomic mass is 10.4. The first-order chi connectivity index (χ1) is 6.43.